The molecule has 0 unspecified atom stereocenters. The van der Waals surface area contributed by atoms with Crippen molar-refractivity contribution in [2.24, 2.45) is 0 Å². The molecular weight excluding hydrogens is 230 g/mol. The van der Waals surface area contributed by atoms with E-state index in [9.17, 15) is 0 Å². The van der Waals surface area contributed by atoms with Gasteiger partial charge in [0, 0.05) is 18.6 Å². The van der Waals surface area contributed by atoms with Crippen LogP contribution in [-0.4, -0.2) is 16.7 Å². The number of benzene rings is 1. The zero-order valence-corrected chi connectivity index (χ0v) is 10.4. The topological polar surface area (TPSA) is 33.1 Å². The van der Waals surface area contributed by atoms with Crippen LogP contribution >= 0.6 is 11.8 Å². The number of aromatic nitrogens is 1. The SMILES string of the molecule is OCCc1ccc(SCc2ccccc2)nc1. The Balaban J connectivity index is 1.91. The number of nitrogens with zero attached hydrogens (tertiary/aromatic N) is 1. The van der Waals surface area contributed by atoms with Gasteiger partial charge in [-0.15, -0.1) is 11.8 Å². The normalized spacial score (nSPS) is 10.4. The van der Waals surface area contributed by atoms with E-state index in [2.05, 4.69) is 17.1 Å². The first-order chi connectivity index (χ1) is 8.38. The lowest BCUT2D eigenvalue weighted by Crippen LogP contribution is -1.91. The van der Waals surface area contributed by atoms with Gasteiger partial charge in [0.05, 0.1) is 5.03 Å². The first-order valence-electron chi connectivity index (χ1n) is 5.61. The fraction of sp³-hybridized carbons (Fsp3) is 0.214. The second-order valence-corrected chi connectivity index (χ2v) is 4.75. The van der Waals surface area contributed by atoms with Gasteiger partial charge < -0.3 is 5.11 Å². The Morgan fingerprint density at radius 1 is 1.00 bits per heavy atom. The van der Waals surface area contributed by atoms with Crippen molar-refractivity contribution in [2.75, 3.05) is 6.61 Å². The molecule has 1 heterocycles. The number of rotatable bonds is 5. The van der Waals surface area contributed by atoms with Gasteiger partial charge in [0.25, 0.3) is 0 Å². The third kappa shape index (κ3) is 3.88. The van der Waals surface area contributed by atoms with E-state index in [0.717, 1.165) is 16.3 Å². The van der Waals surface area contributed by atoms with Crippen LogP contribution in [0.15, 0.2) is 53.7 Å². The van der Waals surface area contributed by atoms with Gasteiger partial charge in [0.2, 0.25) is 0 Å². The predicted molar refractivity (Wildman–Crippen MR) is 71.0 cm³/mol. The van der Waals surface area contributed by atoms with E-state index >= 15 is 0 Å². The van der Waals surface area contributed by atoms with Crippen LogP contribution in [0.2, 0.25) is 0 Å². The van der Waals surface area contributed by atoms with E-state index in [1.807, 2.05) is 36.5 Å². The van der Waals surface area contributed by atoms with Gasteiger partial charge in [-0.25, -0.2) is 4.98 Å². The smallest absolute Gasteiger partial charge is 0.0963 e. The molecule has 2 nitrogen and oxygen atoms in total. The van der Waals surface area contributed by atoms with E-state index < -0.39 is 0 Å². The summed E-state index contributed by atoms with van der Waals surface area (Å²) in [5.41, 5.74) is 2.38. The van der Waals surface area contributed by atoms with Crippen LogP contribution in [0, 0.1) is 0 Å². The fourth-order valence-electron chi connectivity index (χ4n) is 1.50. The van der Waals surface area contributed by atoms with Crippen LogP contribution in [0.25, 0.3) is 0 Å². The Bertz CT molecular complexity index is 442. The second kappa shape index (κ2) is 6.42. The van der Waals surface area contributed by atoms with E-state index in [-0.39, 0.29) is 6.61 Å². The van der Waals surface area contributed by atoms with Gasteiger partial charge in [-0.2, -0.15) is 0 Å². The van der Waals surface area contributed by atoms with E-state index in [4.69, 9.17) is 5.11 Å². The maximum atomic E-state index is 8.81. The van der Waals surface area contributed by atoms with Crippen molar-refractivity contribution in [3.05, 3.63) is 59.8 Å². The summed E-state index contributed by atoms with van der Waals surface area (Å²) in [7, 11) is 0. The number of hydrogen-bond donors (Lipinski definition) is 1. The maximum absolute atomic E-state index is 8.81. The van der Waals surface area contributed by atoms with Crippen LogP contribution in [0.4, 0.5) is 0 Å². The summed E-state index contributed by atoms with van der Waals surface area (Å²) in [5, 5.41) is 9.83. The molecule has 1 aromatic heterocycles. The lowest BCUT2D eigenvalue weighted by atomic mass is 10.2. The summed E-state index contributed by atoms with van der Waals surface area (Å²) in [5.74, 6) is 0.938. The van der Waals surface area contributed by atoms with Gasteiger partial charge in [0.15, 0.2) is 0 Å². The van der Waals surface area contributed by atoms with Crippen molar-refractivity contribution in [2.45, 2.75) is 17.2 Å². The number of pyridine rings is 1. The van der Waals surface area contributed by atoms with Crippen molar-refractivity contribution >= 4 is 11.8 Å². The predicted octanol–water partition coefficient (Wildman–Crippen LogP) is 2.91. The van der Waals surface area contributed by atoms with Crippen molar-refractivity contribution in [1.82, 2.24) is 4.98 Å². The molecule has 0 bridgehead atoms. The molecule has 1 aromatic carbocycles. The van der Waals surface area contributed by atoms with Crippen LogP contribution < -0.4 is 0 Å². The molecule has 0 saturated heterocycles. The largest absolute Gasteiger partial charge is 0.396 e. The molecule has 0 radical (unpaired) electrons. The van der Waals surface area contributed by atoms with E-state index in [1.165, 1.54) is 5.56 Å². The highest BCUT2D eigenvalue weighted by atomic mass is 32.2. The summed E-state index contributed by atoms with van der Waals surface area (Å²) in [4.78, 5) is 4.36. The first kappa shape index (κ1) is 12.1. The second-order valence-electron chi connectivity index (χ2n) is 3.75. The van der Waals surface area contributed by atoms with Gasteiger partial charge in [-0.05, 0) is 23.6 Å². The Kier molecular flexibility index (Phi) is 4.59. The molecule has 0 saturated carbocycles. The molecule has 0 spiro atoms. The van der Waals surface area contributed by atoms with Crippen LogP contribution in [0.5, 0.6) is 0 Å². The molecular formula is C14H15NOS. The average Bonchev–Trinajstić information content (AvgIpc) is 2.40. The maximum Gasteiger partial charge on any atom is 0.0963 e. The molecule has 0 aliphatic carbocycles. The lowest BCUT2D eigenvalue weighted by Gasteiger charge is -2.02. The third-order valence-corrected chi connectivity index (χ3v) is 3.44. The Hall–Kier alpha value is -1.32. The minimum atomic E-state index is 0.179. The lowest BCUT2D eigenvalue weighted by molar-refractivity contribution is 0.299. The van der Waals surface area contributed by atoms with Gasteiger partial charge >= 0.3 is 0 Å². The molecule has 2 aromatic rings. The number of aliphatic hydroxyl groups is 1. The highest BCUT2D eigenvalue weighted by molar-refractivity contribution is 7.98. The molecule has 1 N–H and O–H groups in total. The summed E-state index contributed by atoms with van der Waals surface area (Å²) in [6.07, 6.45) is 2.51. The van der Waals surface area contributed by atoms with Crippen LogP contribution in [0.3, 0.4) is 0 Å². The van der Waals surface area contributed by atoms with Gasteiger partial charge in [-0.3, -0.25) is 0 Å². The van der Waals surface area contributed by atoms with Crippen molar-refractivity contribution in [3.8, 4) is 0 Å². The Morgan fingerprint density at radius 3 is 2.47 bits per heavy atom. The highest BCUT2D eigenvalue weighted by Crippen LogP contribution is 2.20. The first-order valence-corrected chi connectivity index (χ1v) is 6.59. The minimum Gasteiger partial charge on any atom is -0.396 e. The van der Waals surface area contributed by atoms with Gasteiger partial charge in [-0.1, -0.05) is 36.4 Å². The monoisotopic (exact) mass is 245 g/mol. The summed E-state index contributed by atoms with van der Waals surface area (Å²) < 4.78 is 0. The van der Waals surface area contributed by atoms with Gasteiger partial charge in [0.1, 0.15) is 0 Å². The molecule has 0 atom stereocenters. The van der Waals surface area contributed by atoms with Crippen LogP contribution in [0.1, 0.15) is 11.1 Å². The van der Waals surface area contributed by atoms with Crippen molar-refractivity contribution in [3.63, 3.8) is 0 Å². The van der Waals surface area contributed by atoms with E-state index in [0.29, 0.717) is 6.42 Å². The fourth-order valence-corrected chi connectivity index (χ4v) is 2.30. The molecule has 0 fully saturated rings. The standard InChI is InChI=1S/C14H15NOS/c16-9-8-12-6-7-14(15-10-12)17-11-13-4-2-1-3-5-13/h1-7,10,16H,8-9,11H2. The molecule has 0 aliphatic rings. The molecule has 0 aliphatic heterocycles. The minimum absolute atomic E-state index is 0.179. The summed E-state index contributed by atoms with van der Waals surface area (Å²) in [6, 6.07) is 14.4. The summed E-state index contributed by atoms with van der Waals surface area (Å²) >= 11 is 1.73. The Labute approximate surface area is 106 Å². The number of thioether (sulfide) groups is 1. The average molecular weight is 245 g/mol. The number of hydrogen-bond acceptors (Lipinski definition) is 3. The van der Waals surface area contributed by atoms with Crippen LogP contribution in [-0.2, 0) is 12.2 Å². The molecule has 2 rings (SSSR count). The zero-order chi connectivity index (χ0) is 11.9. The molecule has 0 amide bonds. The Morgan fingerprint density at radius 2 is 1.82 bits per heavy atom. The summed E-state index contributed by atoms with van der Waals surface area (Å²) in [6.45, 7) is 0.179. The van der Waals surface area contributed by atoms with E-state index in [1.54, 1.807) is 11.8 Å². The zero-order valence-electron chi connectivity index (χ0n) is 9.54. The number of aliphatic hydroxyl groups excluding tert-OH is 1. The molecule has 17 heavy (non-hydrogen) atoms. The highest BCUT2D eigenvalue weighted by Gasteiger charge is 1.98. The quantitative estimate of drug-likeness (QED) is 0.822. The molecule has 3 heteroatoms. The van der Waals surface area contributed by atoms with Crippen molar-refractivity contribution in [1.29, 1.82) is 0 Å². The third-order valence-electron chi connectivity index (χ3n) is 2.43. The van der Waals surface area contributed by atoms with Crippen molar-refractivity contribution < 1.29 is 5.11 Å². The molecule has 88 valence electrons.